The summed E-state index contributed by atoms with van der Waals surface area (Å²) < 4.78 is 19.0. The number of rotatable bonds is 4. The Morgan fingerprint density at radius 2 is 0.902 bits per heavy atom. The van der Waals surface area contributed by atoms with Gasteiger partial charge in [0.05, 0.1) is 11.9 Å². The Labute approximate surface area is 291 Å². The van der Waals surface area contributed by atoms with Crippen molar-refractivity contribution in [3.05, 3.63) is 158 Å². The minimum atomic E-state index is 0.509. The molecule has 5 heteroatoms. The van der Waals surface area contributed by atoms with Crippen molar-refractivity contribution >= 4 is 66.1 Å². The van der Waals surface area contributed by atoms with Crippen LogP contribution in [0.1, 0.15) is 0 Å². The molecule has 4 heterocycles. The largest absolute Gasteiger partial charge is 0.455 e. The van der Waals surface area contributed by atoms with E-state index in [4.69, 9.17) is 23.2 Å². The lowest BCUT2D eigenvalue weighted by atomic mass is 9.97. The van der Waals surface area contributed by atoms with Crippen LogP contribution >= 0.6 is 0 Å². The molecule has 0 unspecified atom stereocenters. The third-order valence-corrected chi connectivity index (χ3v) is 9.97. The van der Waals surface area contributed by atoms with Crippen molar-refractivity contribution in [2.24, 2.45) is 0 Å². The first-order chi connectivity index (χ1) is 25.2. The quantitative estimate of drug-likeness (QED) is 0.189. The fourth-order valence-corrected chi connectivity index (χ4v) is 7.52. The highest BCUT2D eigenvalue weighted by atomic mass is 16.3. The fraction of sp³-hybridized carbons (Fsp3) is 0. The summed E-state index contributed by atoms with van der Waals surface area (Å²) in [6, 6.07) is 52.2. The van der Waals surface area contributed by atoms with Gasteiger partial charge in [0.25, 0.3) is 0 Å². The molecule has 7 aromatic carbocycles. The molecule has 0 spiro atoms. The monoisotopic (exact) mass is 654 g/mol. The highest BCUT2D eigenvalue weighted by Crippen LogP contribution is 2.39. The van der Waals surface area contributed by atoms with Crippen molar-refractivity contribution in [3.8, 4) is 44.6 Å². The Hall–Kier alpha value is -6.98. The van der Waals surface area contributed by atoms with Gasteiger partial charge < -0.3 is 13.3 Å². The van der Waals surface area contributed by atoms with Crippen molar-refractivity contribution in [2.75, 3.05) is 0 Å². The van der Waals surface area contributed by atoms with E-state index in [-0.39, 0.29) is 0 Å². The molecular formula is C46H26N2O3. The maximum atomic E-state index is 6.35. The van der Waals surface area contributed by atoms with Gasteiger partial charge in [0, 0.05) is 43.6 Å². The molecule has 11 aromatic rings. The van der Waals surface area contributed by atoms with Crippen molar-refractivity contribution in [1.82, 2.24) is 9.97 Å². The van der Waals surface area contributed by atoms with E-state index in [2.05, 4.69) is 109 Å². The zero-order chi connectivity index (χ0) is 33.5. The average Bonchev–Trinajstić information content (AvgIpc) is 3.88. The summed E-state index contributed by atoms with van der Waals surface area (Å²) in [4.78, 5) is 9.85. The molecule has 11 rings (SSSR count). The number of hydrogen-bond acceptors (Lipinski definition) is 5. The first kappa shape index (κ1) is 27.9. The summed E-state index contributed by atoms with van der Waals surface area (Å²) in [7, 11) is 0. The van der Waals surface area contributed by atoms with Crippen molar-refractivity contribution in [1.29, 1.82) is 0 Å². The van der Waals surface area contributed by atoms with Crippen LogP contribution in [0.3, 0.4) is 0 Å². The van der Waals surface area contributed by atoms with Gasteiger partial charge in [-0.3, -0.25) is 0 Å². The van der Waals surface area contributed by atoms with Crippen LogP contribution in [-0.4, -0.2) is 9.97 Å². The molecule has 0 bridgehead atoms. The maximum absolute atomic E-state index is 6.35. The van der Waals surface area contributed by atoms with E-state index in [1.54, 1.807) is 0 Å². The van der Waals surface area contributed by atoms with Crippen LogP contribution in [0.4, 0.5) is 0 Å². The predicted octanol–water partition coefficient (Wildman–Crippen LogP) is 12.8. The molecular weight excluding hydrogens is 629 g/mol. The van der Waals surface area contributed by atoms with Gasteiger partial charge in [-0.25, -0.2) is 9.97 Å². The van der Waals surface area contributed by atoms with E-state index < -0.39 is 0 Å². The zero-order valence-corrected chi connectivity index (χ0v) is 27.1. The molecule has 0 atom stereocenters. The average molecular weight is 655 g/mol. The molecule has 0 aliphatic carbocycles. The molecule has 238 valence electrons. The number of furan rings is 3. The molecule has 51 heavy (non-hydrogen) atoms. The van der Waals surface area contributed by atoms with Crippen LogP contribution in [0, 0.1) is 0 Å². The van der Waals surface area contributed by atoms with E-state index in [9.17, 15) is 0 Å². The van der Waals surface area contributed by atoms with E-state index in [0.717, 1.165) is 105 Å². The standard InChI is InChI=1S/C46H26N2O3/c1-3-19-40-34(13-1)36-17-7-15-32(44(36)49-40)29-10-5-9-27(23-29)28-21-22-42-38(25-28)43-46(51-42)48-39(26-47-43)31-12-6-11-30(24-31)33-16-8-18-37-35-14-2-4-20-41(35)50-45(33)37/h1-26H. The Kier molecular flexibility index (Phi) is 5.89. The van der Waals surface area contributed by atoms with Crippen molar-refractivity contribution < 1.29 is 13.3 Å². The van der Waals surface area contributed by atoms with Crippen LogP contribution in [0.5, 0.6) is 0 Å². The van der Waals surface area contributed by atoms with Gasteiger partial charge in [0.2, 0.25) is 5.71 Å². The Balaban J connectivity index is 0.964. The normalized spacial score (nSPS) is 11.9. The minimum Gasteiger partial charge on any atom is -0.455 e. The van der Waals surface area contributed by atoms with Gasteiger partial charge in [-0.1, -0.05) is 115 Å². The van der Waals surface area contributed by atoms with E-state index in [1.807, 2.05) is 48.7 Å². The molecule has 5 nitrogen and oxygen atoms in total. The lowest BCUT2D eigenvalue weighted by Gasteiger charge is -2.07. The summed E-state index contributed by atoms with van der Waals surface area (Å²) in [5, 5.41) is 5.39. The van der Waals surface area contributed by atoms with Crippen LogP contribution < -0.4 is 0 Å². The van der Waals surface area contributed by atoms with Crippen molar-refractivity contribution in [2.45, 2.75) is 0 Å². The third-order valence-electron chi connectivity index (χ3n) is 9.97. The van der Waals surface area contributed by atoms with E-state index in [0.29, 0.717) is 5.71 Å². The summed E-state index contributed by atoms with van der Waals surface area (Å²) in [6.45, 7) is 0. The second-order valence-electron chi connectivity index (χ2n) is 12.9. The highest BCUT2D eigenvalue weighted by Gasteiger charge is 2.17. The molecule has 0 saturated heterocycles. The van der Waals surface area contributed by atoms with Gasteiger partial charge in [-0.15, -0.1) is 0 Å². The Morgan fingerprint density at radius 3 is 1.59 bits per heavy atom. The van der Waals surface area contributed by atoms with Crippen molar-refractivity contribution in [3.63, 3.8) is 0 Å². The first-order valence-corrected chi connectivity index (χ1v) is 17.0. The molecule has 0 amide bonds. The van der Waals surface area contributed by atoms with Gasteiger partial charge in [-0.05, 0) is 58.7 Å². The fourth-order valence-electron chi connectivity index (χ4n) is 7.52. The Bertz CT molecular complexity index is 3160. The molecule has 4 aromatic heterocycles. The van der Waals surface area contributed by atoms with Crippen LogP contribution in [0.15, 0.2) is 171 Å². The number of nitrogens with zero attached hydrogens (tertiary/aromatic N) is 2. The SMILES string of the molecule is c1cc(-c2ccc3oc4nc(-c5cccc(-c6cccc7c6oc6ccccc67)c5)cnc4c3c2)cc(-c2cccc3c2oc2ccccc23)c1. The minimum absolute atomic E-state index is 0.509. The molecule has 0 aliphatic rings. The van der Waals surface area contributed by atoms with E-state index in [1.165, 1.54) is 0 Å². The molecule has 0 fully saturated rings. The molecule has 0 N–H and O–H groups in total. The van der Waals surface area contributed by atoms with Gasteiger partial charge in [-0.2, -0.15) is 0 Å². The third kappa shape index (κ3) is 4.35. The van der Waals surface area contributed by atoms with Gasteiger partial charge in [0.1, 0.15) is 33.4 Å². The summed E-state index contributed by atoms with van der Waals surface area (Å²) in [6.07, 6.45) is 1.83. The molecule has 0 radical (unpaired) electrons. The number of fused-ring (bicyclic) bond motifs is 9. The van der Waals surface area contributed by atoms with Crippen LogP contribution in [-0.2, 0) is 0 Å². The zero-order valence-electron chi connectivity index (χ0n) is 27.1. The number of benzene rings is 7. The second-order valence-corrected chi connectivity index (χ2v) is 12.9. The number of para-hydroxylation sites is 4. The molecule has 0 saturated carbocycles. The second kappa shape index (κ2) is 10.8. The Morgan fingerprint density at radius 1 is 0.373 bits per heavy atom. The first-order valence-electron chi connectivity index (χ1n) is 17.0. The number of hydrogen-bond donors (Lipinski definition) is 0. The maximum Gasteiger partial charge on any atom is 0.246 e. The van der Waals surface area contributed by atoms with Crippen LogP contribution in [0.25, 0.3) is 111 Å². The van der Waals surface area contributed by atoms with Crippen LogP contribution in [0.2, 0.25) is 0 Å². The highest BCUT2D eigenvalue weighted by molar-refractivity contribution is 6.11. The number of aromatic nitrogens is 2. The summed E-state index contributed by atoms with van der Waals surface area (Å²) >= 11 is 0. The van der Waals surface area contributed by atoms with Gasteiger partial charge in [0.15, 0.2) is 0 Å². The topological polar surface area (TPSA) is 65.2 Å². The predicted molar refractivity (Wildman–Crippen MR) is 206 cm³/mol. The summed E-state index contributed by atoms with van der Waals surface area (Å²) in [5.41, 5.74) is 13.7. The lowest BCUT2D eigenvalue weighted by molar-refractivity contribution is 0.653. The lowest BCUT2D eigenvalue weighted by Crippen LogP contribution is -1.88. The summed E-state index contributed by atoms with van der Waals surface area (Å²) in [5.74, 6) is 0. The smallest absolute Gasteiger partial charge is 0.246 e. The molecule has 0 aliphatic heterocycles. The van der Waals surface area contributed by atoms with E-state index >= 15 is 0 Å². The van der Waals surface area contributed by atoms with Gasteiger partial charge >= 0.3 is 0 Å².